The Morgan fingerprint density at radius 3 is 1.78 bits per heavy atom. The van der Waals surface area contributed by atoms with Crippen LogP contribution in [0.1, 0.15) is 0 Å². The molecule has 0 saturated carbocycles. The molecule has 55 heavy (non-hydrogen) atoms. The van der Waals surface area contributed by atoms with Crippen LogP contribution < -0.4 is 4.90 Å². The molecule has 0 atom stereocenters. The number of nitrogens with zero attached hydrogens (tertiary/aromatic N) is 1. The van der Waals surface area contributed by atoms with Crippen molar-refractivity contribution in [3.05, 3.63) is 200 Å². The van der Waals surface area contributed by atoms with Gasteiger partial charge in [-0.05, 0) is 93.2 Å². The van der Waals surface area contributed by atoms with E-state index in [1.54, 1.807) is 0 Å². The predicted octanol–water partition coefficient (Wildman–Crippen LogP) is 15.1. The highest BCUT2D eigenvalue weighted by Gasteiger charge is 2.22. The minimum Gasteiger partial charge on any atom is -0.456 e. The molecule has 0 radical (unpaired) electrons. The topological polar surface area (TPSA) is 29.5 Å². The SMILES string of the molecule is c1cc(-c2ccc(-c3cccc4ccccc34)cc2)cc(N(c2ccccc2-c2ccc3c(c2)oc2ccccc23)c2cccc3oc4ccccc4c23)c1. The van der Waals surface area contributed by atoms with Gasteiger partial charge in [-0.25, -0.2) is 0 Å². The van der Waals surface area contributed by atoms with Gasteiger partial charge in [0.15, 0.2) is 0 Å². The number of fused-ring (bicyclic) bond motifs is 7. The lowest BCUT2D eigenvalue weighted by Gasteiger charge is -2.29. The quantitative estimate of drug-likeness (QED) is 0.173. The van der Waals surface area contributed by atoms with Gasteiger partial charge in [0.2, 0.25) is 0 Å². The highest BCUT2D eigenvalue weighted by molar-refractivity contribution is 6.14. The first-order valence-corrected chi connectivity index (χ1v) is 18.7. The molecule has 0 bridgehead atoms. The van der Waals surface area contributed by atoms with Crippen molar-refractivity contribution in [2.24, 2.45) is 0 Å². The van der Waals surface area contributed by atoms with E-state index in [2.05, 4.69) is 181 Å². The zero-order valence-electron chi connectivity index (χ0n) is 29.8. The molecule has 3 nitrogen and oxygen atoms in total. The fourth-order valence-corrected chi connectivity index (χ4v) is 8.30. The first-order chi connectivity index (χ1) is 27.3. The number of anilines is 3. The van der Waals surface area contributed by atoms with Gasteiger partial charge in [-0.3, -0.25) is 0 Å². The Kier molecular flexibility index (Phi) is 7.17. The molecule has 0 amide bonds. The molecule has 11 rings (SSSR count). The summed E-state index contributed by atoms with van der Waals surface area (Å²) < 4.78 is 12.8. The van der Waals surface area contributed by atoms with Crippen molar-refractivity contribution >= 4 is 71.7 Å². The Balaban J connectivity index is 1.08. The van der Waals surface area contributed by atoms with E-state index in [9.17, 15) is 0 Å². The van der Waals surface area contributed by atoms with E-state index in [0.29, 0.717) is 0 Å². The second-order valence-corrected chi connectivity index (χ2v) is 14.1. The molecule has 0 aliphatic rings. The summed E-state index contributed by atoms with van der Waals surface area (Å²) in [7, 11) is 0. The summed E-state index contributed by atoms with van der Waals surface area (Å²) in [5.41, 5.74) is 13.5. The van der Waals surface area contributed by atoms with Gasteiger partial charge in [0.25, 0.3) is 0 Å². The fraction of sp³-hybridized carbons (Fsp3) is 0. The average Bonchev–Trinajstić information content (AvgIpc) is 3.82. The first-order valence-electron chi connectivity index (χ1n) is 18.7. The monoisotopic (exact) mass is 703 g/mol. The third-order valence-electron chi connectivity index (χ3n) is 10.9. The molecule has 0 fully saturated rings. The van der Waals surface area contributed by atoms with Crippen LogP contribution in [0.3, 0.4) is 0 Å². The lowest BCUT2D eigenvalue weighted by atomic mass is 9.96. The number of hydrogen-bond acceptors (Lipinski definition) is 3. The zero-order valence-corrected chi connectivity index (χ0v) is 29.8. The van der Waals surface area contributed by atoms with Crippen LogP contribution in [0.15, 0.2) is 209 Å². The molecule has 258 valence electrons. The van der Waals surface area contributed by atoms with Crippen LogP contribution in [0.25, 0.3) is 88.0 Å². The Bertz CT molecular complexity index is 3220. The fourth-order valence-electron chi connectivity index (χ4n) is 8.30. The van der Waals surface area contributed by atoms with Crippen LogP contribution >= 0.6 is 0 Å². The lowest BCUT2D eigenvalue weighted by molar-refractivity contribution is 0.668. The van der Waals surface area contributed by atoms with Crippen molar-refractivity contribution < 1.29 is 8.83 Å². The summed E-state index contributed by atoms with van der Waals surface area (Å²) in [4.78, 5) is 2.39. The van der Waals surface area contributed by atoms with Crippen molar-refractivity contribution in [2.45, 2.75) is 0 Å². The minimum absolute atomic E-state index is 0.852. The molecular weight excluding hydrogens is 671 g/mol. The van der Waals surface area contributed by atoms with Crippen molar-refractivity contribution in [3.8, 4) is 33.4 Å². The molecule has 0 aliphatic carbocycles. The molecular formula is C52H33NO2. The van der Waals surface area contributed by atoms with Crippen molar-refractivity contribution in [1.29, 1.82) is 0 Å². The van der Waals surface area contributed by atoms with E-state index in [-0.39, 0.29) is 0 Å². The highest BCUT2D eigenvalue weighted by Crippen LogP contribution is 2.47. The Morgan fingerprint density at radius 1 is 0.309 bits per heavy atom. The van der Waals surface area contributed by atoms with Gasteiger partial charge in [0, 0.05) is 27.4 Å². The molecule has 9 aromatic carbocycles. The summed E-state index contributed by atoms with van der Waals surface area (Å²) in [6.07, 6.45) is 0. The van der Waals surface area contributed by atoms with Crippen molar-refractivity contribution in [2.75, 3.05) is 4.90 Å². The Labute approximate surface area is 317 Å². The van der Waals surface area contributed by atoms with E-state index in [1.807, 2.05) is 24.3 Å². The highest BCUT2D eigenvalue weighted by atomic mass is 16.3. The second-order valence-electron chi connectivity index (χ2n) is 14.1. The van der Waals surface area contributed by atoms with Crippen LogP contribution in [-0.2, 0) is 0 Å². The van der Waals surface area contributed by atoms with Crippen LogP contribution in [0.5, 0.6) is 0 Å². The first kappa shape index (κ1) is 31.2. The summed E-state index contributed by atoms with van der Waals surface area (Å²) in [5.74, 6) is 0. The standard InChI is InChI=1S/C52H33NO2/c1-2-16-40-35(12-1)13-10-20-41(40)36-28-26-34(27-29-36)37-14-9-15-39(32-37)53(47-22-11-25-50-52(47)45-19-5-8-24-49(45)54-50)46-21-6-3-17-42(46)38-30-31-44-43-18-4-7-23-48(43)55-51(44)33-38/h1-33H. The predicted molar refractivity (Wildman–Crippen MR) is 229 cm³/mol. The smallest absolute Gasteiger partial charge is 0.137 e. The molecule has 3 heteroatoms. The number of benzene rings is 9. The minimum atomic E-state index is 0.852. The summed E-state index contributed by atoms with van der Waals surface area (Å²) >= 11 is 0. The van der Waals surface area contributed by atoms with E-state index >= 15 is 0 Å². The van der Waals surface area contributed by atoms with Crippen LogP contribution in [0.4, 0.5) is 17.1 Å². The molecule has 2 heterocycles. The van der Waals surface area contributed by atoms with E-state index in [1.165, 1.54) is 21.9 Å². The summed E-state index contributed by atoms with van der Waals surface area (Å²) in [6, 6.07) is 71.0. The van der Waals surface area contributed by atoms with Gasteiger partial charge < -0.3 is 13.7 Å². The van der Waals surface area contributed by atoms with Crippen molar-refractivity contribution in [3.63, 3.8) is 0 Å². The van der Waals surface area contributed by atoms with Gasteiger partial charge in [0.05, 0.1) is 16.8 Å². The molecule has 0 N–H and O–H groups in total. The summed E-state index contributed by atoms with van der Waals surface area (Å²) in [6.45, 7) is 0. The lowest BCUT2D eigenvalue weighted by Crippen LogP contribution is -2.11. The van der Waals surface area contributed by atoms with Gasteiger partial charge in [-0.1, -0.05) is 146 Å². The summed E-state index contributed by atoms with van der Waals surface area (Å²) in [5, 5.41) is 6.90. The number of hydrogen-bond donors (Lipinski definition) is 0. The van der Waals surface area contributed by atoms with Gasteiger partial charge in [0.1, 0.15) is 22.3 Å². The molecule has 0 aliphatic heterocycles. The average molecular weight is 704 g/mol. The molecule has 0 unspecified atom stereocenters. The van der Waals surface area contributed by atoms with E-state index in [0.717, 1.165) is 83.2 Å². The molecule has 0 saturated heterocycles. The third kappa shape index (κ3) is 5.20. The van der Waals surface area contributed by atoms with E-state index < -0.39 is 0 Å². The Hall–Kier alpha value is -7.36. The maximum atomic E-state index is 6.44. The normalized spacial score (nSPS) is 11.6. The number of rotatable bonds is 6. The van der Waals surface area contributed by atoms with Gasteiger partial charge in [-0.2, -0.15) is 0 Å². The zero-order chi connectivity index (χ0) is 36.3. The van der Waals surface area contributed by atoms with Gasteiger partial charge in [-0.15, -0.1) is 0 Å². The van der Waals surface area contributed by atoms with Crippen LogP contribution in [0.2, 0.25) is 0 Å². The maximum absolute atomic E-state index is 6.44. The second kappa shape index (κ2) is 12.6. The Morgan fingerprint density at radius 2 is 0.891 bits per heavy atom. The maximum Gasteiger partial charge on any atom is 0.137 e. The third-order valence-corrected chi connectivity index (χ3v) is 10.9. The van der Waals surface area contributed by atoms with Crippen molar-refractivity contribution in [1.82, 2.24) is 0 Å². The van der Waals surface area contributed by atoms with Crippen LogP contribution in [-0.4, -0.2) is 0 Å². The molecule has 11 aromatic rings. The van der Waals surface area contributed by atoms with Crippen LogP contribution in [0, 0.1) is 0 Å². The molecule has 0 spiro atoms. The van der Waals surface area contributed by atoms with E-state index in [4.69, 9.17) is 8.83 Å². The molecule has 2 aromatic heterocycles. The number of furan rings is 2. The number of para-hydroxylation sites is 3. The van der Waals surface area contributed by atoms with Gasteiger partial charge >= 0.3 is 0 Å². The largest absolute Gasteiger partial charge is 0.456 e.